The first-order valence-electron chi connectivity index (χ1n) is 11.2. The number of fused-ring (bicyclic) bond motifs is 1. The van der Waals surface area contributed by atoms with Crippen LogP contribution in [0.1, 0.15) is 70.1 Å². The van der Waals surface area contributed by atoms with Gasteiger partial charge in [0.2, 0.25) is 11.8 Å². The smallest absolute Gasteiger partial charge is 0.255 e. The van der Waals surface area contributed by atoms with Gasteiger partial charge in [0.25, 0.3) is 11.8 Å². The maximum atomic E-state index is 14.6. The number of imide groups is 1. The predicted octanol–water partition coefficient (Wildman–Crippen LogP) is 2.91. The van der Waals surface area contributed by atoms with Gasteiger partial charge in [0.1, 0.15) is 11.9 Å². The van der Waals surface area contributed by atoms with Crippen LogP contribution in [-0.4, -0.2) is 39.6 Å². The van der Waals surface area contributed by atoms with E-state index in [-0.39, 0.29) is 47.8 Å². The lowest BCUT2D eigenvalue weighted by molar-refractivity contribution is -0.136. The summed E-state index contributed by atoms with van der Waals surface area (Å²) >= 11 is 5.84. The Morgan fingerprint density at radius 3 is 2.68 bits per heavy atom. The number of nitrogens with zero attached hydrogens (tertiary/aromatic N) is 2. The summed E-state index contributed by atoms with van der Waals surface area (Å²) < 4.78 is 14.6. The predicted molar refractivity (Wildman–Crippen MR) is 119 cm³/mol. The van der Waals surface area contributed by atoms with Crippen LogP contribution < -0.4 is 10.6 Å². The van der Waals surface area contributed by atoms with E-state index in [1.165, 1.54) is 17.2 Å². The molecular weight excluding hydrogens is 463 g/mol. The molecule has 0 bridgehead atoms. The highest BCUT2D eigenvalue weighted by molar-refractivity contribution is 6.30. The van der Waals surface area contributed by atoms with Crippen LogP contribution in [0.25, 0.3) is 0 Å². The molecule has 2 N–H and O–H groups in total. The molecule has 1 saturated heterocycles. The van der Waals surface area contributed by atoms with Crippen LogP contribution in [0.5, 0.6) is 0 Å². The van der Waals surface area contributed by atoms with Gasteiger partial charge in [-0.05, 0) is 55.0 Å². The third-order valence-corrected chi connectivity index (χ3v) is 7.03. The summed E-state index contributed by atoms with van der Waals surface area (Å²) in [5, 5.41) is 5.37. The van der Waals surface area contributed by atoms with Crippen molar-refractivity contribution in [2.75, 3.05) is 0 Å². The molecule has 34 heavy (non-hydrogen) atoms. The first kappa shape index (κ1) is 22.5. The number of hydrogen-bond donors (Lipinski definition) is 2. The summed E-state index contributed by atoms with van der Waals surface area (Å²) in [6.45, 7) is 0.168. The largest absolute Gasteiger partial charge is 0.343 e. The summed E-state index contributed by atoms with van der Waals surface area (Å²) in [4.78, 5) is 55.2. The summed E-state index contributed by atoms with van der Waals surface area (Å²) in [7, 11) is 0. The summed E-state index contributed by atoms with van der Waals surface area (Å²) in [5.74, 6) is -2.04. The summed E-state index contributed by atoms with van der Waals surface area (Å²) in [6, 6.07) is 4.61. The molecule has 0 radical (unpaired) electrons. The third-order valence-electron chi connectivity index (χ3n) is 6.82. The van der Waals surface area contributed by atoms with Gasteiger partial charge in [0.05, 0.1) is 16.8 Å². The molecule has 2 atom stereocenters. The van der Waals surface area contributed by atoms with E-state index in [1.54, 1.807) is 18.2 Å². The van der Waals surface area contributed by atoms with Gasteiger partial charge in [-0.15, -0.1) is 0 Å². The zero-order valence-electron chi connectivity index (χ0n) is 18.1. The number of rotatable bonds is 5. The van der Waals surface area contributed by atoms with Gasteiger partial charge >= 0.3 is 0 Å². The van der Waals surface area contributed by atoms with E-state index >= 15 is 0 Å². The van der Waals surface area contributed by atoms with Crippen molar-refractivity contribution in [3.05, 3.63) is 63.7 Å². The van der Waals surface area contributed by atoms with Crippen molar-refractivity contribution in [1.29, 1.82) is 0 Å². The van der Waals surface area contributed by atoms with Gasteiger partial charge in [-0.25, -0.2) is 4.39 Å². The Hall–Kier alpha value is -3.33. The number of hydrogen-bond acceptors (Lipinski definition) is 5. The number of piperidine rings is 1. The molecule has 1 aromatic carbocycles. The van der Waals surface area contributed by atoms with Crippen molar-refractivity contribution in [3.8, 4) is 0 Å². The summed E-state index contributed by atoms with van der Waals surface area (Å²) in [5.41, 5.74) is 1.53. The topological polar surface area (TPSA) is 108 Å². The number of nitrogens with one attached hydrogen (secondary N) is 2. The average Bonchev–Trinajstić information content (AvgIpc) is 3.08. The van der Waals surface area contributed by atoms with Gasteiger partial charge in [0.15, 0.2) is 0 Å². The second kappa shape index (κ2) is 8.79. The van der Waals surface area contributed by atoms with Crippen LogP contribution in [-0.2, 0) is 16.1 Å². The molecule has 1 aliphatic carbocycles. The highest BCUT2D eigenvalue weighted by Gasteiger charge is 2.39. The van der Waals surface area contributed by atoms with E-state index in [0.29, 0.717) is 16.7 Å². The minimum Gasteiger partial charge on any atom is -0.343 e. The van der Waals surface area contributed by atoms with E-state index in [4.69, 9.17) is 11.6 Å². The fourth-order valence-electron chi connectivity index (χ4n) is 4.78. The first-order valence-corrected chi connectivity index (χ1v) is 11.6. The van der Waals surface area contributed by atoms with Crippen LogP contribution in [0.2, 0.25) is 5.02 Å². The average molecular weight is 485 g/mol. The maximum Gasteiger partial charge on any atom is 0.255 e. The van der Waals surface area contributed by atoms with Crippen LogP contribution >= 0.6 is 11.6 Å². The molecule has 1 saturated carbocycles. The van der Waals surface area contributed by atoms with Crippen LogP contribution in [0.15, 0.2) is 30.5 Å². The van der Waals surface area contributed by atoms with E-state index in [1.807, 2.05) is 0 Å². The molecular formula is C24H22ClFN4O4. The minimum atomic E-state index is -0.725. The molecule has 8 nitrogen and oxygen atoms in total. The van der Waals surface area contributed by atoms with Crippen LogP contribution in [0.3, 0.4) is 0 Å². The normalized spacial score (nSPS) is 21.1. The van der Waals surface area contributed by atoms with Gasteiger partial charge in [0, 0.05) is 30.3 Å². The molecule has 5 rings (SSSR count). The molecule has 176 valence electrons. The fraction of sp³-hybridized carbons (Fsp3) is 0.375. The Morgan fingerprint density at radius 1 is 1.21 bits per heavy atom. The van der Waals surface area contributed by atoms with Crippen molar-refractivity contribution >= 4 is 35.2 Å². The van der Waals surface area contributed by atoms with E-state index < -0.39 is 29.7 Å². The molecule has 2 fully saturated rings. The Morgan fingerprint density at radius 2 is 2.00 bits per heavy atom. The number of carbonyl (C=O) groups excluding carboxylic acids is 4. The lowest BCUT2D eigenvalue weighted by Crippen LogP contribution is -2.52. The van der Waals surface area contributed by atoms with Crippen molar-refractivity contribution in [2.45, 2.75) is 50.7 Å². The molecule has 2 aromatic rings. The zero-order valence-corrected chi connectivity index (χ0v) is 18.9. The minimum absolute atomic E-state index is 0.0751. The lowest BCUT2D eigenvalue weighted by atomic mass is 9.78. The van der Waals surface area contributed by atoms with Crippen LogP contribution in [0.4, 0.5) is 4.39 Å². The molecule has 0 spiro atoms. The Bertz CT molecular complexity index is 1220. The number of benzene rings is 1. The van der Waals surface area contributed by atoms with Gasteiger partial charge in [-0.3, -0.25) is 29.5 Å². The van der Waals surface area contributed by atoms with Crippen molar-refractivity contribution in [1.82, 2.24) is 20.5 Å². The third kappa shape index (κ3) is 4.04. The molecule has 3 heterocycles. The molecule has 2 aliphatic heterocycles. The number of amides is 4. The van der Waals surface area contributed by atoms with E-state index in [2.05, 4.69) is 15.6 Å². The van der Waals surface area contributed by atoms with Gasteiger partial charge in [-0.2, -0.15) is 0 Å². The van der Waals surface area contributed by atoms with Gasteiger partial charge < -0.3 is 10.2 Å². The standard InChI is InChI=1S/C24H22ClFN4O4/c25-15-9-17(26)21(27-10-15)20(12-2-1-3-12)29-22(32)13-4-5-16-14(8-13)11-30(24(16)34)18-6-7-19(31)28-23(18)33/h4-5,8-10,12,18,20H,1-3,6-7,11H2,(H,29,32)(H,28,31,33)/t18?,20-/m0/s1. The molecule has 3 aliphatic rings. The number of carbonyl (C=O) groups is 4. The highest BCUT2D eigenvalue weighted by Crippen LogP contribution is 2.38. The Labute approximate surface area is 199 Å². The maximum absolute atomic E-state index is 14.6. The first-order chi connectivity index (χ1) is 16.3. The Balaban J connectivity index is 1.35. The van der Waals surface area contributed by atoms with Crippen molar-refractivity contribution < 1.29 is 23.6 Å². The number of aromatic nitrogens is 1. The van der Waals surface area contributed by atoms with Gasteiger partial charge in [-0.1, -0.05) is 18.0 Å². The second-order valence-corrected chi connectivity index (χ2v) is 9.37. The molecule has 1 aromatic heterocycles. The van der Waals surface area contributed by atoms with Crippen molar-refractivity contribution in [2.24, 2.45) is 5.92 Å². The quantitative estimate of drug-likeness (QED) is 0.634. The van der Waals surface area contributed by atoms with E-state index in [9.17, 15) is 23.6 Å². The molecule has 10 heteroatoms. The zero-order chi connectivity index (χ0) is 24.0. The number of halogens is 2. The second-order valence-electron chi connectivity index (χ2n) is 8.93. The Kier molecular flexibility index (Phi) is 5.81. The van der Waals surface area contributed by atoms with Crippen LogP contribution in [0, 0.1) is 11.7 Å². The van der Waals surface area contributed by atoms with E-state index in [0.717, 1.165) is 19.3 Å². The highest BCUT2D eigenvalue weighted by atomic mass is 35.5. The fourth-order valence-corrected chi connectivity index (χ4v) is 4.92. The molecule has 1 unspecified atom stereocenters. The monoisotopic (exact) mass is 484 g/mol. The molecule has 4 amide bonds. The summed E-state index contributed by atoms with van der Waals surface area (Å²) in [6.07, 6.45) is 4.51. The van der Waals surface area contributed by atoms with Crippen molar-refractivity contribution in [3.63, 3.8) is 0 Å². The lowest BCUT2D eigenvalue weighted by Gasteiger charge is -2.34. The SMILES string of the molecule is O=C1CCC(N2Cc3cc(C(=O)N[C@H](c4ncc(Cl)cc4F)C4CCC4)ccc3C2=O)C(=O)N1. The number of pyridine rings is 1.